The van der Waals surface area contributed by atoms with Crippen molar-refractivity contribution in [2.24, 2.45) is 0 Å². The van der Waals surface area contributed by atoms with Gasteiger partial charge in [-0.3, -0.25) is 13.9 Å². The van der Waals surface area contributed by atoms with Crippen molar-refractivity contribution in [2.45, 2.75) is 72.0 Å². The number of carbonyl (C=O) groups excluding carboxylic acids is 2. The summed E-state index contributed by atoms with van der Waals surface area (Å²) in [4.78, 5) is 29.2. The first-order chi connectivity index (χ1) is 19.5. The molecule has 8 heteroatoms. The van der Waals surface area contributed by atoms with E-state index >= 15 is 0 Å². The Balaban J connectivity index is 1.89. The number of nitrogens with zero attached hydrogens (tertiary/aromatic N) is 2. The standard InChI is InChI=1S/C33H43N3O4S/c1-6-27(4)34-33(38)31(23-28-13-8-7-9-14-28)35(24-29-15-10-12-26(3)22-29)32(37)16-11-21-36(41(5,39)40)30-19-17-25(2)18-20-30/h7-10,12-15,17-20,22,27,31H,6,11,16,21,23-24H2,1-5H3,(H,34,38)/t27-,31-/m1/s1. The molecule has 0 aliphatic carbocycles. The fourth-order valence-corrected chi connectivity index (χ4v) is 5.68. The van der Waals surface area contributed by atoms with Gasteiger partial charge >= 0.3 is 0 Å². The molecule has 0 saturated carbocycles. The lowest BCUT2D eigenvalue weighted by molar-refractivity contribution is -0.141. The van der Waals surface area contributed by atoms with Gasteiger partial charge in [0.25, 0.3) is 0 Å². The highest BCUT2D eigenvalue weighted by atomic mass is 32.2. The Hall–Kier alpha value is -3.65. The molecule has 0 saturated heterocycles. The predicted octanol–water partition coefficient (Wildman–Crippen LogP) is 5.40. The van der Waals surface area contributed by atoms with E-state index in [0.717, 1.165) is 28.7 Å². The van der Waals surface area contributed by atoms with Crippen LogP contribution in [0.3, 0.4) is 0 Å². The van der Waals surface area contributed by atoms with Crippen LogP contribution >= 0.6 is 0 Å². The summed E-state index contributed by atoms with van der Waals surface area (Å²) in [5, 5.41) is 3.08. The lowest BCUT2D eigenvalue weighted by Crippen LogP contribution is -2.52. The SMILES string of the molecule is CC[C@@H](C)NC(=O)[C@@H](Cc1ccccc1)N(Cc1cccc(C)c1)C(=O)CCCN(c1ccc(C)cc1)S(C)(=O)=O. The molecule has 0 heterocycles. The summed E-state index contributed by atoms with van der Waals surface area (Å²) in [5.41, 5.74) is 4.56. The summed E-state index contributed by atoms with van der Waals surface area (Å²) < 4.78 is 26.6. The monoisotopic (exact) mass is 577 g/mol. The number of nitrogens with one attached hydrogen (secondary N) is 1. The zero-order valence-electron chi connectivity index (χ0n) is 24.8. The van der Waals surface area contributed by atoms with E-state index in [1.165, 1.54) is 10.6 Å². The van der Waals surface area contributed by atoms with Crippen molar-refractivity contribution >= 4 is 27.5 Å². The number of hydrogen-bond donors (Lipinski definition) is 1. The van der Waals surface area contributed by atoms with E-state index in [-0.39, 0.29) is 37.4 Å². The van der Waals surface area contributed by atoms with Crippen molar-refractivity contribution in [1.82, 2.24) is 10.2 Å². The first kappa shape index (κ1) is 31.9. The molecule has 3 aromatic rings. The van der Waals surface area contributed by atoms with Crippen molar-refractivity contribution in [1.29, 1.82) is 0 Å². The molecule has 2 amide bonds. The topological polar surface area (TPSA) is 86.8 Å². The molecule has 7 nitrogen and oxygen atoms in total. The summed E-state index contributed by atoms with van der Waals surface area (Å²) in [6.45, 7) is 8.34. The van der Waals surface area contributed by atoms with E-state index < -0.39 is 16.1 Å². The van der Waals surface area contributed by atoms with Crippen LogP contribution in [0.1, 0.15) is 55.4 Å². The van der Waals surface area contributed by atoms with Crippen LogP contribution in [-0.2, 0) is 32.6 Å². The largest absolute Gasteiger partial charge is 0.352 e. The molecule has 0 fully saturated rings. The Morgan fingerprint density at radius 2 is 1.54 bits per heavy atom. The highest BCUT2D eigenvalue weighted by Gasteiger charge is 2.31. The lowest BCUT2D eigenvalue weighted by Gasteiger charge is -2.33. The van der Waals surface area contributed by atoms with Gasteiger partial charge in [0, 0.05) is 32.0 Å². The van der Waals surface area contributed by atoms with Crippen LogP contribution < -0.4 is 9.62 Å². The summed E-state index contributed by atoms with van der Waals surface area (Å²) in [6, 6.07) is 24.2. The minimum absolute atomic E-state index is 0.0328. The zero-order valence-corrected chi connectivity index (χ0v) is 25.7. The van der Waals surface area contributed by atoms with Gasteiger partial charge in [-0.25, -0.2) is 8.42 Å². The van der Waals surface area contributed by atoms with Crippen molar-refractivity contribution in [3.63, 3.8) is 0 Å². The van der Waals surface area contributed by atoms with Gasteiger partial charge in [-0.2, -0.15) is 0 Å². The minimum atomic E-state index is -3.54. The normalized spacial score (nSPS) is 12.8. The predicted molar refractivity (Wildman–Crippen MR) is 166 cm³/mol. The van der Waals surface area contributed by atoms with Gasteiger partial charge in [-0.05, 0) is 56.9 Å². The van der Waals surface area contributed by atoms with E-state index in [1.807, 2.05) is 94.4 Å². The number of hydrogen-bond acceptors (Lipinski definition) is 4. The van der Waals surface area contributed by atoms with Crippen LogP contribution in [0.25, 0.3) is 0 Å². The number of anilines is 1. The van der Waals surface area contributed by atoms with E-state index in [0.29, 0.717) is 18.5 Å². The average Bonchev–Trinajstić information content (AvgIpc) is 2.93. The summed E-state index contributed by atoms with van der Waals surface area (Å²) >= 11 is 0. The molecular weight excluding hydrogens is 534 g/mol. The molecule has 0 aliphatic rings. The van der Waals surface area contributed by atoms with E-state index in [1.54, 1.807) is 17.0 Å². The lowest BCUT2D eigenvalue weighted by atomic mass is 10.0. The second kappa shape index (κ2) is 14.8. The van der Waals surface area contributed by atoms with Crippen LogP contribution in [0.2, 0.25) is 0 Å². The van der Waals surface area contributed by atoms with Crippen LogP contribution in [0.4, 0.5) is 5.69 Å². The fourth-order valence-electron chi connectivity index (χ4n) is 4.72. The molecule has 0 unspecified atom stereocenters. The molecule has 0 spiro atoms. The third-order valence-electron chi connectivity index (χ3n) is 7.18. The highest BCUT2D eigenvalue weighted by Crippen LogP contribution is 2.21. The third-order valence-corrected chi connectivity index (χ3v) is 8.38. The van der Waals surface area contributed by atoms with Gasteiger partial charge in [-0.1, -0.05) is 84.8 Å². The number of aryl methyl sites for hydroxylation is 2. The van der Waals surface area contributed by atoms with Crippen LogP contribution in [0, 0.1) is 13.8 Å². The molecule has 2 atom stereocenters. The Bertz CT molecular complexity index is 1390. The first-order valence-corrected chi connectivity index (χ1v) is 16.1. The molecule has 0 aromatic heterocycles. The van der Waals surface area contributed by atoms with Gasteiger partial charge in [0.1, 0.15) is 6.04 Å². The Morgan fingerprint density at radius 3 is 2.15 bits per heavy atom. The number of benzene rings is 3. The molecule has 0 aliphatic heterocycles. The van der Waals surface area contributed by atoms with Gasteiger partial charge in [0.2, 0.25) is 21.8 Å². The van der Waals surface area contributed by atoms with E-state index in [2.05, 4.69) is 5.32 Å². The molecule has 41 heavy (non-hydrogen) atoms. The van der Waals surface area contributed by atoms with Gasteiger partial charge < -0.3 is 10.2 Å². The maximum absolute atomic E-state index is 13.9. The van der Waals surface area contributed by atoms with Crippen LogP contribution in [-0.4, -0.2) is 50.0 Å². The molecule has 3 rings (SSSR count). The average molecular weight is 578 g/mol. The molecule has 1 N–H and O–H groups in total. The molecule has 220 valence electrons. The van der Waals surface area contributed by atoms with Crippen LogP contribution in [0.5, 0.6) is 0 Å². The second-order valence-corrected chi connectivity index (χ2v) is 12.7. The number of rotatable bonds is 14. The Labute approximate surface area is 245 Å². The van der Waals surface area contributed by atoms with Gasteiger partial charge in [-0.15, -0.1) is 0 Å². The molecule has 0 bridgehead atoms. The maximum Gasteiger partial charge on any atom is 0.243 e. The summed E-state index contributed by atoms with van der Waals surface area (Å²) in [6.07, 6.45) is 2.74. The quantitative estimate of drug-likeness (QED) is 0.278. The van der Waals surface area contributed by atoms with E-state index in [9.17, 15) is 18.0 Å². The first-order valence-electron chi connectivity index (χ1n) is 14.2. The summed E-state index contributed by atoms with van der Waals surface area (Å²) in [5.74, 6) is -0.384. The van der Waals surface area contributed by atoms with Crippen molar-refractivity contribution in [3.05, 3.63) is 101 Å². The number of sulfonamides is 1. The number of carbonyl (C=O) groups is 2. The van der Waals surface area contributed by atoms with Crippen molar-refractivity contribution < 1.29 is 18.0 Å². The van der Waals surface area contributed by atoms with Gasteiger partial charge in [0.05, 0.1) is 11.9 Å². The fraction of sp³-hybridized carbons (Fsp3) is 0.394. The minimum Gasteiger partial charge on any atom is -0.352 e. The second-order valence-electron chi connectivity index (χ2n) is 10.8. The molecule has 0 radical (unpaired) electrons. The third kappa shape index (κ3) is 9.74. The molecule has 3 aromatic carbocycles. The van der Waals surface area contributed by atoms with Crippen molar-refractivity contribution in [3.8, 4) is 0 Å². The Kier molecular flexibility index (Phi) is 11.5. The van der Waals surface area contributed by atoms with Gasteiger partial charge in [0.15, 0.2) is 0 Å². The maximum atomic E-state index is 13.9. The molecular formula is C33H43N3O4S. The Morgan fingerprint density at radius 1 is 0.878 bits per heavy atom. The smallest absolute Gasteiger partial charge is 0.243 e. The highest BCUT2D eigenvalue weighted by molar-refractivity contribution is 7.92. The summed E-state index contributed by atoms with van der Waals surface area (Å²) in [7, 11) is -3.54. The van der Waals surface area contributed by atoms with E-state index in [4.69, 9.17) is 0 Å². The number of amides is 2. The zero-order chi connectivity index (χ0) is 30.0. The van der Waals surface area contributed by atoms with Crippen molar-refractivity contribution in [2.75, 3.05) is 17.1 Å². The van der Waals surface area contributed by atoms with Crippen LogP contribution in [0.15, 0.2) is 78.9 Å².